The van der Waals surface area contributed by atoms with Crippen LogP contribution in [0.5, 0.6) is 0 Å². The lowest BCUT2D eigenvalue weighted by Gasteiger charge is -2.06. The maximum atomic E-state index is 11.9. The Morgan fingerprint density at radius 3 is 1.77 bits per heavy atom. The summed E-state index contributed by atoms with van der Waals surface area (Å²) in [7, 11) is 0. The molecule has 3 aromatic heterocycles. The number of nitrogens with zero attached hydrogens (tertiary/aromatic N) is 5. The highest BCUT2D eigenvalue weighted by Crippen LogP contribution is 2.37. The smallest absolute Gasteiger partial charge is 0.310 e. The topological polar surface area (TPSA) is 119 Å². The van der Waals surface area contributed by atoms with Gasteiger partial charge in [0.2, 0.25) is 11.6 Å². The van der Waals surface area contributed by atoms with Crippen molar-refractivity contribution in [2.45, 2.75) is 13.8 Å². The molecule has 154 valence electrons. The molecule has 2 N–H and O–H groups in total. The van der Waals surface area contributed by atoms with Crippen molar-refractivity contribution in [3.8, 4) is 0 Å². The molecule has 5 aromatic rings. The van der Waals surface area contributed by atoms with Crippen molar-refractivity contribution in [1.82, 2.24) is 19.9 Å². The largest absolute Gasteiger partial charge is 0.354 e. The molecule has 2 aromatic carbocycles. The summed E-state index contributed by atoms with van der Waals surface area (Å²) in [6, 6.07) is 11.8. The zero-order valence-corrected chi connectivity index (χ0v) is 18.0. The average molecular weight is 450 g/mol. The summed E-state index contributed by atoms with van der Waals surface area (Å²) in [5.74, 6) is 0.130. The zero-order valence-electron chi connectivity index (χ0n) is 16.4. The fraction of sp³-hybridized carbons (Fsp3) is 0.100. The number of fused-ring (bicyclic) bond motifs is 2. The molecule has 0 atom stereocenters. The van der Waals surface area contributed by atoms with Crippen LogP contribution in [-0.2, 0) is 0 Å². The SMILES string of the molecule is Cc1ccc2nc(Nc3ncnc(Nc4nc5ccc(C)cc5s4)c3[N+](=O)[O-])sc2c1. The number of nitro groups is 1. The van der Waals surface area contributed by atoms with E-state index in [4.69, 9.17) is 0 Å². The summed E-state index contributed by atoms with van der Waals surface area (Å²) < 4.78 is 1.98. The van der Waals surface area contributed by atoms with Crippen LogP contribution in [0.3, 0.4) is 0 Å². The average Bonchev–Trinajstić information content (AvgIpc) is 3.29. The number of aryl methyl sites for hydroxylation is 2. The lowest BCUT2D eigenvalue weighted by molar-refractivity contribution is -0.383. The Kier molecular flexibility index (Phi) is 4.68. The summed E-state index contributed by atoms with van der Waals surface area (Å²) >= 11 is 2.81. The molecule has 5 rings (SSSR count). The summed E-state index contributed by atoms with van der Waals surface area (Å²) in [5.41, 5.74) is 3.60. The van der Waals surface area contributed by atoms with E-state index in [1.165, 1.54) is 29.0 Å². The van der Waals surface area contributed by atoms with E-state index in [2.05, 4.69) is 30.6 Å². The third kappa shape index (κ3) is 3.76. The molecular weight excluding hydrogens is 434 g/mol. The van der Waals surface area contributed by atoms with Crippen LogP contribution in [0.25, 0.3) is 20.4 Å². The summed E-state index contributed by atoms with van der Waals surface area (Å²) in [4.78, 5) is 28.5. The van der Waals surface area contributed by atoms with Gasteiger partial charge >= 0.3 is 5.69 Å². The van der Waals surface area contributed by atoms with Gasteiger partial charge < -0.3 is 10.6 Å². The molecular formula is C20H15N7O2S2. The van der Waals surface area contributed by atoms with Gasteiger partial charge in [-0.3, -0.25) is 10.1 Å². The highest BCUT2D eigenvalue weighted by Gasteiger charge is 2.25. The Balaban J connectivity index is 1.50. The van der Waals surface area contributed by atoms with Gasteiger partial charge in [0.1, 0.15) is 6.33 Å². The lowest BCUT2D eigenvalue weighted by atomic mass is 10.2. The van der Waals surface area contributed by atoms with Gasteiger partial charge in [0, 0.05) is 0 Å². The van der Waals surface area contributed by atoms with Crippen molar-refractivity contribution in [3.63, 3.8) is 0 Å². The van der Waals surface area contributed by atoms with Crippen LogP contribution in [0.1, 0.15) is 11.1 Å². The van der Waals surface area contributed by atoms with Gasteiger partial charge in [0.15, 0.2) is 10.3 Å². The van der Waals surface area contributed by atoms with Gasteiger partial charge in [-0.15, -0.1) is 0 Å². The van der Waals surface area contributed by atoms with Crippen LogP contribution in [-0.4, -0.2) is 24.9 Å². The minimum atomic E-state index is -0.514. The maximum absolute atomic E-state index is 11.9. The second kappa shape index (κ2) is 7.52. The van der Waals surface area contributed by atoms with E-state index < -0.39 is 4.92 Å². The fourth-order valence-corrected chi connectivity index (χ4v) is 5.03. The lowest BCUT2D eigenvalue weighted by Crippen LogP contribution is -2.05. The third-order valence-corrected chi connectivity index (χ3v) is 6.41. The molecule has 0 spiro atoms. The van der Waals surface area contributed by atoms with Gasteiger partial charge in [0.05, 0.1) is 25.4 Å². The molecule has 11 heteroatoms. The predicted molar refractivity (Wildman–Crippen MR) is 124 cm³/mol. The molecule has 0 aliphatic heterocycles. The molecule has 0 saturated heterocycles. The van der Waals surface area contributed by atoms with Crippen LogP contribution < -0.4 is 10.6 Å². The Labute approximate surface area is 184 Å². The normalized spacial score (nSPS) is 11.2. The summed E-state index contributed by atoms with van der Waals surface area (Å²) in [6.07, 6.45) is 1.27. The van der Waals surface area contributed by atoms with E-state index in [-0.39, 0.29) is 17.3 Å². The number of hydrogen-bond donors (Lipinski definition) is 2. The van der Waals surface area contributed by atoms with E-state index in [1.54, 1.807) is 0 Å². The minimum Gasteiger partial charge on any atom is -0.310 e. The Hall–Kier alpha value is -3.70. The zero-order chi connectivity index (χ0) is 21.5. The van der Waals surface area contributed by atoms with Crippen molar-refractivity contribution >= 4 is 70.7 Å². The number of benzene rings is 2. The number of nitrogens with one attached hydrogen (secondary N) is 2. The predicted octanol–water partition coefficient (Wildman–Crippen LogP) is 5.71. The maximum Gasteiger partial charge on any atom is 0.354 e. The quantitative estimate of drug-likeness (QED) is 0.259. The van der Waals surface area contributed by atoms with Crippen molar-refractivity contribution < 1.29 is 4.92 Å². The second-order valence-electron chi connectivity index (χ2n) is 6.91. The number of hydrogen-bond acceptors (Lipinski definition) is 10. The molecule has 0 bridgehead atoms. The number of anilines is 4. The first kappa shape index (κ1) is 19.3. The molecule has 0 radical (unpaired) electrons. The summed E-state index contributed by atoms with van der Waals surface area (Å²) in [6.45, 7) is 4.01. The van der Waals surface area contributed by atoms with E-state index in [9.17, 15) is 10.1 Å². The first-order valence-corrected chi connectivity index (χ1v) is 10.9. The van der Waals surface area contributed by atoms with Gasteiger partial charge in [-0.05, 0) is 49.2 Å². The first-order chi connectivity index (χ1) is 15.0. The van der Waals surface area contributed by atoms with Crippen molar-refractivity contribution in [1.29, 1.82) is 0 Å². The Bertz CT molecular complexity index is 1360. The van der Waals surface area contributed by atoms with E-state index in [0.717, 1.165) is 31.6 Å². The monoisotopic (exact) mass is 449 g/mol. The van der Waals surface area contributed by atoms with Crippen LogP contribution in [0.15, 0.2) is 42.7 Å². The molecule has 0 saturated carbocycles. The molecule has 0 unspecified atom stereocenters. The van der Waals surface area contributed by atoms with Gasteiger partial charge in [-0.25, -0.2) is 19.9 Å². The highest BCUT2D eigenvalue weighted by molar-refractivity contribution is 7.22. The van der Waals surface area contributed by atoms with Crippen LogP contribution in [0, 0.1) is 24.0 Å². The van der Waals surface area contributed by atoms with Gasteiger partial charge in [-0.1, -0.05) is 34.8 Å². The minimum absolute atomic E-state index is 0.0650. The van der Waals surface area contributed by atoms with Crippen LogP contribution in [0.2, 0.25) is 0 Å². The molecule has 31 heavy (non-hydrogen) atoms. The van der Waals surface area contributed by atoms with Gasteiger partial charge in [-0.2, -0.15) is 0 Å². The number of aromatic nitrogens is 4. The highest BCUT2D eigenvalue weighted by atomic mass is 32.1. The van der Waals surface area contributed by atoms with E-state index in [0.29, 0.717) is 10.3 Å². The molecule has 0 amide bonds. The first-order valence-electron chi connectivity index (χ1n) is 9.24. The van der Waals surface area contributed by atoms with Crippen molar-refractivity contribution in [3.05, 3.63) is 64.0 Å². The molecule has 0 aliphatic rings. The molecule has 3 heterocycles. The molecule has 0 fully saturated rings. The molecule has 0 aliphatic carbocycles. The van der Waals surface area contributed by atoms with Crippen LogP contribution >= 0.6 is 22.7 Å². The Morgan fingerprint density at radius 1 is 0.839 bits per heavy atom. The molecule has 9 nitrogen and oxygen atoms in total. The standard InChI is InChI=1S/C20H15N7O2S2/c1-10-3-5-12-14(7-10)30-19(23-12)25-17-16(27(28)29)18(22-9-21-17)26-20-24-13-6-4-11(2)8-15(13)31-20/h3-9H,1-2H3,(H2,21,22,23,24,25,26). The van der Waals surface area contributed by atoms with Crippen molar-refractivity contribution in [2.24, 2.45) is 0 Å². The van der Waals surface area contributed by atoms with Crippen LogP contribution in [0.4, 0.5) is 27.6 Å². The number of thiazole rings is 2. The summed E-state index contributed by atoms with van der Waals surface area (Å²) in [5, 5.41) is 18.9. The van der Waals surface area contributed by atoms with E-state index in [1.807, 2.05) is 50.2 Å². The number of rotatable bonds is 5. The second-order valence-corrected chi connectivity index (χ2v) is 8.97. The third-order valence-electron chi connectivity index (χ3n) is 4.54. The van der Waals surface area contributed by atoms with Gasteiger partial charge in [0.25, 0.3) is 0 Å². The van der Waals surface area contributed by atoms with Crippen molar-refractivity contribution in [2.75, 3.05) is 10.6 Å². The Morgan fingerprint density at radius 2 is 1.32 bits per heavy atom. The fourth-order valence-electron chi connectivity index (χ4n) is 3.11. The van der Waals surface area contributed by atoms with E-state index >= 15 is 0 Å².